The molecule has 0 atom stereocenters. The number of nitrogens with one attached hydrogen (secondary N) is 1. The summed E-state index contributed by atoms with van der Waals surface area (Å²) < 4.78 is 0. The molecule has 0 aliphatic carbocycles. The van der Waals surface area contributed by atoms with Gasteiger partial charge < -0.3 is 5.11 Å². The Bertz CT molecular complexity index is 517. The Morgan fingerprint density at radius 1 is 0.882 bits per heavy atom. The van der Waals surface area contributed by atoms with Crippen molar-refractivity contribution in [3.05, 3.63) is 54.1 Å². The summed E-state index contributed by atoms with van der Waals surface area (Å²) in [6, 6.07) is 13.6. The lowest BCUT2D eigenvalue weighted by Crippen LogP contribution is -2.18. The minimum absolute atomic E-state index is 0.213. The van der Waals surface area contributed by atoms with Crippen LogP contribution in [0.5, 0.6) is 5.75 Å². The first-order chi connectivity index (χ1) is 8.20. The van der Waals surface area contributed by atoms with Gasteiger partial charge in [0.25, 0.3) is 5.91 Å². The van der Waals surface area contributed by atoms with Crippen molar-refractivity contribution in [2.45, 2.75) is 0 Å². The fourth-order valence-electron chi connectivity index (χ4n) is 1.53. The molecule has 0 heterocycles. The Morgan fingerprint density at radius 2 is 1.35 bits per heavy atom. The number of rotatable bonds is 2. The number of hydroxylamine groups is 1. The Hall–Kier alpha value is -2.33. The zero-order valence-corrected chi connectivity index (χ0v) is 8.92. The third kappa shape index (κ3) is 2.43. The van der Waals surface area contributed by atoms with Gasteiger partial charge in [0, 0.05) is 5.56 Å². The molecule has 4 heteroatoms. The van der Waals surface area contributed by atoms with Gasteiger partial charge in [-0.05, 0) is 35.4 Å². The molecule has 0 fully saturated rings. The fraction of sp³-hybridized carbons (Fsp3) is 0. The van der Waals surface area contributed by atoms with Crippen LogP contribution >= 0.6 is 0 Å². The first-order valence-corrected chi connectivity index (χ1v) is 5.04. The van der Waals surface area contributed by atoms with Crippen molar-refractivity contribution in [3.63, 3.8) is 0 Å². The molecular formula is C13H11NO3. The molecule has 17 heavy (non-hydrogen) atoms. The van der Waals surface area contributed by atoms with E-state index in [1.807, 2.05) is 0 Å². The largest absolute Gasteiger partial charge is 0.508 e. The lowest BCUT2D eigenvalue weighted by Gasteiger charge is -2.03. The van der Waals surface area contributed by atoms with Crippen LogP contribution in [0.25, 0.3) is 11.1 Å². The van der Waals surface area contributed by atoms with Gasteiger partial charge in [0.1, 0.15) is 5.75 Å². The molecule has 0 saturated heterocycles. The molecule has 2 rings (SSSR count). The third-order valence-electron chi connectivity index (χ3n) is 2.45. The van der Waals surface area contributed by atoms with E-state index in [2.05, 4.69) is 0 Å². The van der Waals surface area contributed by atoms with E-state index in [4.69, 9.17) is 5.21 Å². The number of carbonyl (C=O) groups is 1. The highest BCUT2D eigenvalue weighted by atomic mass is 16.5. The smallest absolute Gasteiger partial charge is 0.274 e. The Kier molecular flexibility index (Phi) is 3.07. The van der Waals surface area contributed by atoms with Crippen LogP contribution in [-0.4, -0.2) is 16.2 Å². The number of aromatic hydroxyl groups is 1. The normalized spacial score (nSPS) is 9.94. The third-order valence-corrected chi connectivity index (χ3v) is 2.45. The second-order valence-corrected chi connectivity index (χ2v) is 3.57. The van der Waals surface area contributed by atoms with E-state index in [9.17, 15) is 9.90 Å². The van der Waals surface area contributed by atoms with Gasteiger partial charge in [0.05, 0.1) is 0 Å². The summed E-state index contributed by atoms with van der Waals surface area (Å²) in [5.74, 6) is -0.327. The highest BCUT2D eigenvalue weighted by molar-refractivity contribution is 5.93. The minimum atomic E-state index is -0.540. The van der Waals surface area contributed by atoms with Crippen LogP contribution in [-0.2, 0) is 0 Å². The number of hydrogen-bond acceptors (Lipinski definition) is 3. The van der Waals surface area contributed by atoms with Gasteiger partial charge in [-0.1, -0.05) is 24.3 Å². The number of benzene rings is 2. The van der Waals surface area contributed by atoms with Crippen molar-refractivity contribution >= 4 is 5.91 Å². The van der Waals surface area contributed by atoms with Crippen LogP contribution in [0.4, 0.5) is 0 Å². The van der Waals surface area contributed by atoms with Crippen LogP contribution in [0, 0.1) is 0 Å². The molecule has 0 aromatic heterocycles. The molecule has 0 saturated carbocycles. The van der Waals surface area contributed by atoms with Crippen LogP contribution in [0.1, 0.15) is 10.4 Å². The standard InChI is InChI=1S/C13H11NO3/c15-12-7-5-10(6-8-12)9-1-3-11(4-2-9)13(16)14-17/h1-8,15,17H,(H,14,16). The Morgan fingerprint density at radius 3 is 1.82 bits per heavy atom. The second kappa shape index (κ2) is 4.67. The number of amides is 1. The fourth-order valence-corrected chi connectivity index (χ4v) is 1.53. The maximum Gasteiger partial charge on any atom is 0.274 e. The summed E-state index contributed by atoms with van der Waals surface area (Å²) >= 11 is 0. The minimum Gasteiger partial charge on any atom is -0.508 e. The molecular weight excluding hydrogens is 218 g/mol. The summed E-state index contributed by atoms with van der Waals surface area (Å²) in [4.78, 5) is 11.1. The van der Waals surface area contributed by atoms with Crippen LogP contribution < -0.4 is 5.48 Å². The molecule has 0 aliphatic heterocycles. The topological polar surface area (TPSA) is 69.6 Å². The lowest BCUT2D eigenvalue weighted by atomic mass is 10.0. The first-order valence-electron chi connectivity index (χ1n) is 5.04. The highest BCUT2D eigenvalue weighted by Gasteiger charge is 2.04. The number of hydrogen-bond donors (Lipinski definition) is 3. The van der Waals surface area contributed by atoms with Gasteiger partial charge in [-0.2, -0.15) is 0 Å². The van der Waals surface area contributed by atoms with Crippen molar-refractivity contribution in [3.8, 4) is 16.9 Å². The van der Waals surface area contributed by atoms with Gasteiger partial charge in [-0.3, -0.25) is 10.0 Å². The second-order valence-electron chi connectivity index (χ2n) is 3.57. The van der Waals surface area contributed by atoms with E-state index >= 15 is 0 Å². The van der Waals surface area contributed by atoms with Gasteiger partial charge in [0.2, 0.25) is 0 Å². The zero-order chi connectivity index (χ0) is 12.3. The maximum absolute atomic E-state index is 11.1. The Labute approximate surface area is 98.1 Å². The Balaban J connectivity index is 2.29. The van der Waals surface area contributed by atoms with Crippen LogP contribution in [0.15, 0.2) is 48.5 Å². The molecule has 0 bridgehead atoms. The van der Waals surface area contributed by atoms with E-state index in [-0.39, 0.29) is 5.75 Å². The van der Waals surface area contributed by atoms with E-state index < -0.39 is 5.91 Å². The SMILES string of the molecule is O=C(NO)c1ccc(-c2ccc(O)cc2)cc1. The van der Waals surface area contributed by atoms with E-state index in [1.165, 1.54) is 0 Å². The number of phenols is 1. The van der Waals surface area contributed by atoms with Crippen molar-refractivity contribution in [2.24, 2.45) is 0 Å². The van der Waals surface area contributed by atoms with Gasteiger partial charge >= 0.3 is 0 Å². The van der Waals surface area contributed by atoms with Gasteiger partial charge in [-0.25, -0.2) is 5.48 Å². The number of phenolic OH excluding ortho intramolecular Hbond substituents is 1. The predicted octanol–water partition coefficient (Wildman–Crippen LogP) is 2.18. The average molecular weight is 229 g/mol. The van der Waals surface area contributed by atoms with Crippen LogP contribution in [0.3, 0.4) is 0 Å². The molecule has 3 N–H and O–H groups in total. The van der Waals surface area contributed by atoms with Crippen molar-refractivity contribution in [2.75, 3.05) is 0 Å². The van der Waals surface area contributed by atoms with E-state index in [0.717, 1.165) is 11.1 Å². The molecule has 0 unspecified atom stereocenters. The summed E-state index contributed by atoms with van der Waals surface area (Å²) in [5.41, 5.74) is 3.83. The lowest BCUT2D eigenvalue weighted by molar-refractivity contribution is 0.0706. The van der Waals surface area contributed by atoms with E-state index in [1.54, 1.807) is 54.0 Å². The molecule has 2 aromatic rings. The summed E-state index contributed by atoms with van der Waals surface area (Å²) in [7, 11) is 0. The quantitative estimate of drug-likeness (QED) is 0.546. The average Bonchev–Trinajstić information content (AvgIpc) is 2.39. The molecule has 86 valence electrons. The highest BCUT2D eigenvalue weighted by Crippen LogP contribution is 2.22. The van der Waals surface area contributed by atoms with Crippen molar-refractivity contribution < 1.29 is 15.1 Å². The van der Waals surface area contributed by atoms with Gasteiger partial charge in [-0.15, -0.1) is 0 Å². The number of carbonyl (C=O) groups excluding carboxylic acids is 1. The predicted molar refractivity (Wildman–Crippen MR) is 62.8 cm³/mol. The molecule has 1 amide bonds. The van der Waals surface area contributed by atoms with Crippen molar-refractivity contribution in [1.82, 2.24) is 5.48 Å². The molecule has 0 radical (unpaired) electrons. The van der Waals surface area contributed by atoms with Crippen molar-refractivity contribution in [1.29, 1.82) is 0 Å². The molecule has 4 nitrogen and oxygen atoms in total. The monoisotopic (exact) mass is 229 g/mol. The first kappa shape index (κ1) is 11.2. The van der Waals surface area contributed by atoms with Crippen LogP contribution in [0.2, 0.25) is 0 Å². The summed E-state index contributed by atoms with van der Waals surface area (Å²) in [6.07, 6.45) is 0. The zero-order valence-electron chi connectivity index (χ0n) is 8.92. The molecule has 0 spiro atoms. The summed E-state index contributed by atoms with van der Waals surface area (Å²) in [6.45, 7) is 0. The van der Waals surface area contributed by atoms with E-state index in [0.29, 0.717) is 5.56 Å². The molecule has 2 aromatic carbocycles. The summed E-state index contributed by atoms with van der Waals surface area (Å²) in [5, 5.41) is 17.6. The van der Waals surface area contributed by atoms with Gasteiger partial charge in [0.15, 0.2) is 0 Å². The maximum atomic E-state index is 11.1. The molecule has 0 aliphatic rings.